The molecular weight excluding hydrogens is 368 g/mol. The van der Waals surface area contributed by atoms with Gasteiger partial charge in [0.2, 0.25) is 11.7 Å². The van der Waals surface area contributed by atoms with Gasteiger partial charge in [0, 0.05) is 30.9 Å². The summed E-state index contributed by atoms with van der Waals surface area (Å²) in [5.41, 5.74) is 3.38. The number of benzene rings is 1. The van der Waals surface area contributed by atoms with Gasteiger partial charge >= 0.3 is 0 Å². The number of rotatable bonds is 4. The molecule has 4 rings (SSSR count). The van der Waals surface area contributed by atoms with Crippen molar-refractivity contribution in [2.45, 2.75) is 58.6 Å². The van der Waals surface area contributed by atoms with E-state index in [1.54, 1.807) is 4.90 Å². The standard InChI is InChI=1S/C22H30N4O3/c1-15-6-5-11-25(13-15)18-9-8-17(12-16(18)2)21-23-20(29-24-21)14-26-10-4-3-7-19(27)22(26)28/h8-9,12,15,19,27H,3-7,10-11,13-14H2,1-2H3. The lowest BCUT2D eigenvalue weighted by atomic mass is 9.98. The van der Waals surface area contributed by atoms with E-state index in [9.17, 15) is 9.90 Å². The van der Waals surface area contributed by atoms with Crippen LogP contribution in [0.25, 0.3) is 11.4 Å². The van der Waals surface area contributed by atoms with Crippen molar-refractivity contribution in [3.63, 3.8) is 0 Å². The lowest BCUT2D eigenvalue weighted by Gasteiger charge is -2.33. The Morgan fingerprint density at radius 1 is 1.21 bits per heavy atom. The van der Waals surface area contributed by atoms with E-state index in [1.807, 2.05) is 6.07 Å². The third-order valence-electron chi connectivity index (χ3n) is 6.00. The Morgan fingerprint density at radius 2 is 2.07 bits per heavy atom. The molecule has 2 atom stereocenters. The number of aliphatic hydroxyl groups is 1. The van der Waals surface area contributed by atoms with Crippen molar-refractivity contribution < 1.29 is 14.4 Å². The Hall–Kier alpha value is -2.41. The third kappa shape index (κ3) is 4.45. The van der Waals surface area contributed by atoms with Crippen molar-refractivity contribution in [1.29, 1.82) is 0 Å². The van der Waals surface area contributed by atoms with Gasteiger partial charge in [-0.15, -0.1) is 0 Å². The van der Waals surface area contributed by atoms with Gasteiger partial charge in [-0.3, -0.25) is 4.79 Å². The first-order valence-electron chi connectivity index (χ1n) is 10.7. The van der Waals surface area contributed by atoms with Crippen LogP contribution in [0.1, 0.15) is 50.5 Å². The number of hydrogen-bond acceptors (Lipinski definition) is 6. The molecule has 0 spiro atoms. The van der Waals surface area contributed by atoms with Crippen molar-refractivity contribution >= 4 is 11.6 Å². The Morgan fingerprint density at radius 3 is 2.86 bits per heavy atom. The van der Waals surface area contributed by atoms with Crippen LogP contribution in [-0.4, -0.2) is 51.8 Å². The van der Waals surface area contributed by atoms with E-state index in [1.165, 1.54) is 24.1 Å². The summed E-state index contributed by atoms with van der Waals surface area (Å²) in [7, 11) is 0. The first-order valence-corrected chi connectivity index (χ1v) is 10.7. The maximum atomic E-state index is 12.3. The van der Waals surface area contributed by atoms with Gasteiger partial charge in [-0.25, -0.2) is 0 Å². The molecule has 29 heavy (non-hydrogen) atoms. The zero-order valence-electron chi connectivity index (χ0n) is 17.3. The van der Waals surface area contributed by atoms with Gasteiger partial charge in [-0.05, 0) is 68.7 Å². The van der Waals surface area contributed by atoms with E-state index in [-0.39, 0.29) is 12.5 Å². The number of piperidine rings is 1. The van der Waals surface area contributed by atoms with Crippen LogP contribution in [0.5, 0.6) is 0 Å². The maximum Gasteiger partial charge on any atom is 0.251 e. The van der Waals surface area contributed by atoms with Gasteiger partial charge in [-0.2, -0.15) is 4.98 Å². The first kappa shape index (κ1) is 19.9. The predicted molar refractivity (Wildman–Crippen MR) is 110 cm³/mol. The minimum absolute atomic E-state index is 0.242. The molecule has 2 aliphatic heterocycles. The minimum atomic E-state index is -0.924. The predicted octanol–water partition coefficient (Wildman–Crippen LogP) is 3.15. The van der Waals surface area contributed by atoms with Gasteiger partial charge in [0.25, 0.3) is 5.91 Å². The summed E-state index contributed by atoms with van der Waals surface area (Å²) in [4.78, 5) is 20.8. The Balaban J connectivity index is 1.48. The quantitative estimate of drug-likeness (QED) is 0.852. The molecule has 2 fully saturated rings. The summed E-state index contributed by atoms with van der Waals surface area (Å²) in [5.74, 6) is 1.40. The average Bonchev–Trinajstić information content (AvgIpc) is 3.11. The number of amides is 1. The van der Waals surface area contributed by atoms with Crippen LogP contribution in [0, 0.1) is 12.8 Å². The van der Waals surface area contributed by atoms with Crippen molar-refractivity contribution in [3.05, 3.63) is 29.7 Å². The van der Waals surface area contributed by atoms with E-state index in [2.05, 4.69) is 41.0 Å². The molecule has 7 nitrogen and oxygen atoms in total. The number of hydrogen-bond donors (Lipinski definition) is 1. The van der Waals surface area contributed by atoms with E-state index in [0.717, 1.165) is 37.4 Å². The van der Waals surface area contributed by atoms with Crippen molar-refractivity contribution in [2.24, 2.45) is 5.92 Å². The lowest BCUT2D eigenvalue weighted by Crippen LogP contribution is -2.37. The van der Waals surface area contributed by atoms with Crippen LogP contribution in [-0.2, 0) is 11.3 Å². The smallest absolute Gasteiger partial charge is 0.251 e. The van der Waals surface area contributed by atoms with E-state index < -0.39 is 6.10 Å². The summed E-state index contributed by atoms with van der Waals surface area (Å²) >= 11 is 0. The summed E-state index contributed by atoms with van der Waals surface area (Å²) in [6, 6.07) is 6.29. The molecule has 0 saturated carbocycles. The van der Waals surface area contributed by atoms with Crippen LogP contribution >= 0.6 is 0 Å². The van der Waals surface area contributed by atoms with Gasteiger partial charge in [0.1, 0.15) is 12.6 Å². The van der Waals surface area contributed by atoms with Crippen LogP contribution < -0.4 is 4.90 Å². The molecule has 0 bridgehead atoms. The molecule has 156 valence electrons. The SMILES string of the molecule is Cc1cc(-c2noc(CN3CCCCC(O)C3=O)n2)ccc1N1CCCC(C)C1. The molecule has 0 aliphatic carbocycles. The Bertz CT molecular complexity index is 865. The molecule has 1 aromatic carbocycles. The molecule has 2 aromatic rings. The number of carbonyl (C=O) groups excluding carboxylic acids is 1. The largest absolute Gasteiger partial charge is 0.383 e. The fourth-order valence-electron chi connectivity index (χ4n) is 4.40. The molecule has 7 heteroatoms. The second kappa shape index (κ2) is 8.53. The summed E-state index contributed by atoms with van der Waals surface area (Å²) in [5, 5.41) is 14.0. The highest BCUT2D eigenvalue weighted by Gasteiger charge is 2.26. The molecule has 2 aliphatic rings. The molecule has 3 heterocycles. The number of aromatic nitrogens is 2. The van der Waals surface area contributed by atoms with Crippen LogP contribution in [0.4, 0.5) is 5.69 Å². The second-order valence-corrected chi connectivity index (χ2v) is 8.48. The first-order chi connectivity index (χ1) is 14.0. The monoisotopic (exact) mass is 398 g/mol. The highest BCUT2D eigenvalue weighted by Crippen LogP contribution is 2.29. The maximum absolute atomic E-state index is 12.3. The zero-order valence-corrected chi connectivity index (χ0v) is 17.3. The number of nitrogens with zero attached hydrogens (tertiary/aromatic N) is 4. The topological polar surface area (TPSA) is 82.7 Å². The minimum Gasteiger partial charge on any atom is -0.383 e. The van der Waals surface area contributed by atoms with E-state index in [0.29, 0.717) is 24.7 Å². The van der Waals surface area contributed by atoms with Gasteiger partial charge in [0.05, 0.1) is 0 Å². The highest BCUT2D eigenvalue weighted by molar-refractivity contribution is 5.80. The van der Waals surface area contributed by atoms with Gasteiger partial charge in [0.15, 0.2) is 0 Å². The van der Waals surface area contributed by atoms with Crippen LogP contribution in [0.2, 0.25) is 0 Å². The molecule has 2 saturated heterocycles. The van der Waals surface area contributed by atoms with Crippen molar-refractivity contribution in [1.82, 2.24) is 15.0 Å². The molecule has 1 amide bonds. The highest BCUT2D eigenvalue weighted by atomic mass is 16.5. The number of likely N-dealkylation sites (tertiary alicyclic amines) is 1. The van der Waals surface area contributed by atoms with Crippen LogP contribution in [0.15, 0.2) is 22.7 Å². The summed E-state index contributed by atoms with van der Waals surface area (Å²) in [6.07, 6.45) is 3.86. The number of carbonyl (C=O) groups is 1. The fraction of sp³-hybridized carbons (Fsp3) is 0.591. The van der Waals surface area contributed by atoms with Crippen molar-refractivity contribution in [3.8, 4) is 11.4 Å². The molecule has 1 N–H and O–H groups in total. The number of aliphatic hydroxyl groups excluding tert-OH is 1. The normalized spacial score (nSPS) is 23.3. The van der Waals surface area contributed by atoms with Crippen molar-refractivity contribution in [2.75, 3.05) is 24.5 Å². The number of anilines is 1. The van der Waals surface area contributed by atoms with E-state index in [4.69, 9.17) is 4.52 Å². The van der Waals surface area contributed by atoms with Gasteiger partial charge < -0.3 is 19.4 Å². The van der Waals surface area contributed by atoms with E-state index >= 15 is 0 Å². The molecule has 2 unspecified atom stereocenters. The summed E-state index contributed by atoms with van der Waals surface area (Å²) < 4.78 is 5.40. The lowest BCUT2D eigenvalue weighted by molar-refractivity contribution is -0.140. The molecular formula is C22H30N4O3. The Kier molecular flexibility index (Phi) is 5.85. The zero-order chi connectivity index (χ0) is 20.4. The second-order valence-electron chi connectivity index (χ2n) is 8.48. The average molecular weight is 399 g/mol. The summed E-state index contributed by atoms with van der Waals surface area (Å²) in [6.45, 7) is 7.48. The fourth-order valence-corrected chi connectivity index (χ4v) is 4.40. The van der Waals surface area contributed by atoms with Gasteiger partial charge in [-0.1, -0.05) is 12.1 Å². The third-order valence-corrected chi connectivity index (χ3v) is 6.00. The Labute approximate surface area is 171 Å². The molecule has 1 aromatic heterocycles. The number of aryl methyl sites for hydroxylation is 1. The van der Waals surface area contributed by atoms with Crippen LogP contribution in [0.3, 0.4) is 0 Å². The molecule has 0 radical (unpaired) electrons.